The van der Waals surface area contributed by atoms with Crippen LogP contribution in [0.2, 0.25) is 0 Å². The molecule has 0 rings (SSSR count). The lowest BCUT2D eigenvalue weighted by Gasteiger charge is -2.14. The van der Waals surface area contributed by atoms with Gasteiger partial charge >= 0.3 is 0 Å². The van der Waals surface area contributed by atoms with Gasteiger partial charge in [0.25, 0.3) is 0 Å². The van der Waals surface area contributed by atoms with Crippen LogP contribution in [0.4, 0.5) is 0 Å². The first-order chi connectivity index (χ1) is 5.91. The van der Waals surface area contributed by atoms with E-state index in [4.69, 9.17) is 0 Å². The molecule has 0 amide bonds. The van der Waals surface area contributed by atoms with Gasteiger partial charge in [0.05, 0.1) is 0 Å². The maximum absolute atomic E-state index is 2.54. The van der Waals surface area contributed by atoms with E-state index in [0.29, 0.717) is 0 Å². The van der Waals surface area contributed by atoms with Crippen molar-refractivity contribution in [3.05, 3.63) is 11.4 Å². The van der Waals surface area contributed by atoms with E-state index in [1.54, 1.807) is 5.57 Å². The standard InChI is InChI=1S/C10H23P3/c1-11(2)7-10(8-12(3)4)9-13(5)6/h7H,8-9H2,1-6H3. The zero-order chi connectivity index (χ0) is 10.4. The fourth-order valence-corrected chi connectivity index (χ4v) is 4.72. The summed E-state index contributed by atoms with van der Waals surface area (Å²) in [6, 6.07) is 0. The fraction of sp³-hybridized carbons (Fsp3) is 0.800. The monoisotopic (exact) mass is 236 g/mol. The highest BCUT2D eigenvalue weighted by Gasteiger charge is 2.04. The van der Waals surface area contributed by atoms with Gasteiger partial charge < -0.3 is 0 Å². The molecule has 0 aliphatic carbocycles. The van der Waals surface area contributed by atoms with Crippen molar-refractivity contribution in [1.82, 2.24) is 0 Å². The molecule has 0 N–H and O–H groups in total. The normalized spacial score (nSPS) is 11.5. The Morgan fingerprint density at radius 2 is 1.23 bits per heavy atom. The maximum Gasteiger partial charge on any atom is -0.0112 e. The topological polar surface area (TPSA) is 0 Å². The average molecular weight is 236 g/mol. The van der Waals surface area contributed by atoms with Crippen LogP contribution in [0.25, 0.3) is 0 Å². The van der Waals surface area contributed by atoms with E-state index in [1.807, 2.05) is 0 Å². The van der Waals surface area contributed by atoms with Crippen molar-refractivity contribution in [2.24, 2.45) is 0 Å². The van der Waals surface area contributed by atoms with Crippen LogP contribution < -0.4 is 0 Å². The van der Waals surface area contributed by atoms with Crippen LogP contribution in [0.3, 0.4) is 0 Å². The minimum Gasteiger partial charge on any atom is -0.109 e. The Balaban J connectivity index is 4.19. The van der Waals surface area contributed by atoms with E-state index in [9.17, 15) is 0 Å². The van der Waals surface area contributed by atoms with Gasteiger partial charge in [-0.25, -0.2) is 0 Å². The highest BCUT2D eigenvalue weighted by molar-refractivity contribution is 7.60. The third-order valence-corrected chi connectivity index (χ3v) is 4.44. The Kier molecular flexibility index (Phi) is 7.92. The van der Waals surface area contributed by atoms with Crippen LogP contribution in [0, 0.1) is 0 Å². The number of allylic oxidation sites excluding steroid dienone is 1. The molecule has 0 aliphatic rings. The molecule has 0 radical (unpaired) electrons. The van der Waals surface area contributed by atoms with Gasteiger partial charge in [-0.05, 0) is 52.3 Å². The predicted octanol–water partition coefficient (Wildman–Crippen LogP) is 4.09. The Bertz CT molecular complexity index is 148. The number of rotatable bonds is 5. The maximum atomic E-state index is 2.54. The molecule has 0 fully saturated rings. The minimum atomic E-state index is 0.158. The third kappa shape index (κ3) is 9.34. The van der Waals surface area contributed by atoms with E-state index in [-0.39, 0.29) is 23.8 Å². The third-order valence-electron chi connectivity index (χ3n) is 1.48. The molecule has 0 bridgehead atoms. The summed E-state index contributed by atoms with van der Waals surface area (Å²) in [5, 5.41) is 0. The smallest absolute Gasteiger partial charge is 0.0112 e. The van der Waals surface area contributed by atoms with Crippen molar-refractivity contribution >= 4 is 23.8 Å². The van der Waals surface area contributed by atoms with Crippen molar-refractivity contribution in [2.75, 3.05) is 52.3 Å². The first-order valence-electron chi connectivity index (χ1n) is 4.57. The molecular weight excluding hydrogens is 213 g/mol. The molecule has 0 saturated heterocycles. The Labute approximate surface area is 87.8 Å². The molecule has 0 aromatic heterocycles. The van der Waals surface area contributed by atoms with Gasteiger partial charge in [-0.1, -0.05) is 19.3 Å². The van der Waals surface area contributed by atoms with Crippen LogP contribution in [0.5, 0.6) is 0 Å². The van der Waals surface area contributed by atoms with Gasteiger partial charge in [-0.3, -0.25) is 0 Å². The molecule has 0 spiro atoms. The first-order valence-corrected chi connectivity index (χ1v) is 11.7. The molecule has 0 unspecified atom stereocenters. The Hall–Kier alpha value is 1.03. The van der Waals surface area contributed by atoms with E-state index < -0.39 is 0 Å². The summed E-state index contributed by atoms with van der Waals surface area (Å²) in [5.74, 6) is 2.54. The van der Waals surface area contributed by atoms with Crippen LogP contribution in [-0.4, -0.2) is 52.3 Å². The summed E-state index contributed by atoms with van der Waals surface area (Å²) in [4.78, 5) is 0. The number of hydrogen-bond acceptors (Lipinski definition) is 0. The largest absolute Gasteiger partial charge is 0.109 e. The van der Waals surface area contributed by atoms with E-state index >= 15 is 0 Å². The van der Waals surface area contributed by atoms with Gasteiger partial charge in [-0.15, -0.1) is 15.8 Å². The van der Waals surface area contributed by atoms with Gasteiger partial charge in [0.15, 0.2) is 0 Å². The second-order valence-corrected chi connectivity index (χ2v) is 11.4. The van der Waals surface area contributed by atoms with Crippen molar-refractivity contribution in [2.45, 2.75) is 0 Å². The van der Waals surface area contributed by atoms with Crippen molar-refractivity contribution in [3.63, 3.8) is 0 Å². The molecule has 0 nitrogen and oxygen atoms in total. The quantitative estimate of drug-likeness (QED) is 0.630. The Morgan fingerprint density at radius 1 is 0.846 bits per heavy atom. The molecule has 3 heteroatoms. The summed E-state index contributed by atoms with van der Waals surface area (Å²) in [6.45, 7) is 14.2. The lowest BCUT2D eigenvalue weighted by Crippen LogP contribution is -1.94. The number of hydrogen-bond donors (Lipinski definition) is 0. The highest BCUT2D eigenvalue weighted by atomic mass is 31.1. The minimum absolute atomic E-state index is 0.158. The van der Waals surface area contributed by atoms with Crippen molar-refractivity contribution in [1.29, 1.82) is 0 Å². The van der Waals surface area contributed by atoms with Gasteiger partial charge in [0, 0.05) is 0 Å². The molecular formula is C10H23P3. The van der Waals surface area contributed by atoms with Crippen LogP contribution in [-0.2, 0) is 0 Å². The highest BCUT2D eigenvalue weighted by Crippen LogP contribution is 2.38. The van der Waals surface area contributed by atoms with Crippen LogP contribution in [0.15, 0.2) is 11.4 Å². The summed E-state index contributed by atoms with van der Waals surface area (Å²) < 4.78 is 0. The zero-order valence-electron chi connectivity index (χ0n) is 9.83. The predicted molar refractivity (Wildman–Crippen MR) is 74.1 cm³/mol. The van der Waals surface area contributed by atoms with Crippen LogP contribution >= 0.6 is 23.8 Å². The van der Waals surface area contributed by atoms with Crippen LogP contribution in [0.1, 0.15) is 0 Å². The molecule has 0 saturated carbocycles. The molecule has 0 atom stereocenters. The fourth-order valence-electron chi connectivity index (χ4n) is 1.31. The van der Waals surface area contributed by atoms with Gasteiger partial charge in [-0.2, -0.15) is 0 Å². The molecule has 13 heavy (non-hydrogen) atoms. The van der Waals surface area contributed by atoms with E-state index in [0.717, 1.165) is 0 Å². The zero-order valence-corrected chi connectivity index (χ0v) is 12.5. The van der Waals surface area contributed by atoms with E-state index in [2.05, 4.69) is 45.8 Å². The molecule has 0 aromatic carbocycles. The second-order valence-electron chi connectivity index (χ2n) is 4.23. The molecule has 0 heterocycles. The Morgan fingerprint density at radius 3 is 1.46 bits per heavy atom. The lowest BCUT2D eigenvalue weighted by molar-refractivity contribution is 1.41. The SMILES string of the molecule is CP(C)C=C(CP(C)C)CP(C)C. The summed E-state index contributed by atoms with van der Waals surface area (Å²) in [5.41, 5.74) is 1.74. The second kappa shape index (κ2) is 7.34. The average Bonchev–Trinajstić information content (AvgIpc) is 1.80. The first kappa shape index (κ1) is 14.0. The molecule has 0 aromatic rings. The summed E-state index contributed by atoms with van der Waals surface area (Å²) in [6.07, 6.45) is 2.74. The van der Waals surface area contributed by atoms with Crippen molar-refractivity contribution < 1.29 is 0 Å². The van der Waals surface area contributed by atoms with Crippen molar-refractivity contribution in [3.8, 4) is 0 Å². The lowest BCUT2D eigenvalue weighted by atomic mass is 10.4. The summed E-state index contributed by atoms with van der Waals surface area (Å²) in [7, 11) is 0.660. The summed E-state index contributed by atoms with van der Waals surface area (Å²) >= 11 is 0. The molecule has 0 aliphatic heterocycles. The van der Waals surface area contributed by atoms with Gasteiger partial charge in [0.1, 0.15) is 0 Å². The van der Waals surface area contributed by atoms with E-state index in [1.165, 1.54) is 12.3 Å². The molecule has 78 valence electrons. The van der Waals surface area contributed by atoms with Gasteiger partial charge in [0.2, 0.25) is 0 Å².